The summed E-state index contributed by atoms with van der Waals surface area (Å²) in [7, 11) is -3.51. The Balaban J connectivity index is 1.81. The van der Waals surface area contributed by atoms with Crippen molar-refractivity contribution in [2.24, 2.45) is 0 Å². The van der Waals surface area contributed by atoms with Crippen LogP contribution in [0.5, 0.6) is 0 Å². The summed E-state index contributed by atoms with van der Waals surface area (Å²) >= 11 is 1.26. The number of aromatic nitrogens is 1. The second kappa shape index (κ2) is 9.74. The Labute approximate surface area is 201 Å². The molecule has 0 saturated carbocycles. The molecule has 0 radical (unpaired) electrons. The molecule has 0 unspecified atom stereocenters. The molecule has 0 saturated heterocycles. The molecule has 9 heteroatoms. The Morgan fingerprint density at radius 1 is 1.06 bits per heavy atom. The summed E-state index contributed by atoms with van der Waals surface area (Å²) < 4.78 is 43.5. The van der Waals surface area contributed by atoms with Gasteiger partial charge in [0.2, 0.25) is 0 Å². The number of carbonyl (C=O) groups excluding carboxylic acids is 1. The van der Waals surface area contributed by atoms with Gasteiger partial charge in [-0.25, -0.2) is 22.6 Å². The number of nitrogens with zero attached hydrogens (tertiary/aromatic N) is 1. The first-order valence-electron chi connectivity index (χ1n) is 10.4. The van der Waals surface area contributed by atoms with E-state index in [1.54, 1.807) is 67.6 Å². The maximum atomic E-state index is 13.5. The predicted molar refractivity (Wildman–Crippen MR) is 132 cm³/mol. The van der Waals surface area contributed by atoms with Crippen LogP contribution in [0.15, 0.2) is 77.7 Å². The molecule has 0 fully saturated rings. The highest BCUT2D eigenvalue weighted by molar-refractivity contribution is 7.90. The highest BCUT2D eigenvalue weighted by atomic mass is 32.2. The summed E-state index contributed by atoms with van der Waals surface area (Å²) in [4.78, 5) is 17.6. The van der Waals surface area contributed by atoms with E-state index in [4.69, 9.17) is 4.74 Å². The molecule has 0 bridgehead atoms. The molecular weight excluding hydrogens is 475 g/mol. The van der Waals surface area contributed by atoms with Gasteiger partial charge in [-0.3, -0.25) is 0 Å². The molecule has 0 atom stereocenters. The van der Waals surface area contributed by atoms with Gasteiger partial charge >= 0.3 is 5.97 Å². The van der Waals surface area contributed by atoms with Gasteiger partial charge in [-0.1, -0.05) is 35.6 Å². The van der Waals surface area contributed by atoms with Gasteiger partial charge < -0.3 is 10.1 Å². The van der Waals surface area contributed by atoms with E-state index < -0.39 is 15.8 Å². The number of thiazole rings is 1. The second-order valence-corrected chi connectivity index (χ2v) is 10.4. The Morgan fingerprint density at radius 3 is 2.50 bits per heavy atom. The van der Waals surface area contributed by atoms with Crippen LogP contribution in [0.4, 0.5) is 15.2 Å². The standard InChI is InChI=1S/C25H21FN2O4S2/c1-3-32-24(29)17-7-6-8-19(15-17)27-25-28-22(16-11-13-18(26)14-12-16)23(33-25)20-9-4-5-10-21(20)34(2,30)31/h4-15H,3H2,1-2H3,(H,27,28). The number of sulfone groups is 1. The van der Waals surface area contributed by atoms with E-state index in [-0.39, 0.29) is 17.3 Å². The van der Waals surface area contributed by atoms with E-state index in [1.807, 2.05) is 0 Å². The van der Waals surface area contributed by atoms with E-state index in [2.05, 4.69) is 10.3 Å². The zero-order chi connectivity index (χ0) is 24.3. The van der Waals surface area contributed by atoms with Crippen LogP contribution in [0.2, 0.25) is 0 Å². The average molecular weight is 497 g/mol. The van der Waals surface area contributed by atoms with Gasteiger partial charge in [-0.15, -0.1) is 0 Å². The molecule has 34 heavy (non-hydrogen) atoms. The zero-order valence-electron chi connectivity index (χ0n) is 18.4. The number of carbonyl (C=O) groups is 1. The third-order valence-corrected chi connectivity index (χ3v) is 7.06. The lowest BCUT2D eigenvalue weighted by Gasteiger charge is -2.08. The maximum Gasteiger partial charge on any atom is 0.338 e. The van der Waals surface area contributed by atoms with Crippen molar-refractivity contribution in [3.63, 3.8) is 0 Å². The molecule has 0 aliphatic rings. The van der Waals surface area contributed by atoms with Crippen LogP contribution < -0.4 is 5.32 Å². The first-order chi connectivity index (χ1) is 16.3. The van der Waals surface area contributed by atoms with E-state index in [1.165, 1.54) is 23.5 Å². The number of esters is 1. The quantitative estimate of drug-likeness (QED) is 0.319. The molecule has 6 nitrogen and oxygen atoms in total. The third-order valence-electron chi connectivity index (χ3n) is 4.90. The minimum absolute atomic E-state index is 0.179. The average Bonchev–Trinajstić information content (AvgIpc) is 3.23. The number of ether oxygens (including phenoxy) is 1. The Morgan fingerprint density at radius 2 is 1.79 bits per heavy atom. The largest absolute Gasteiger partial charge is 0.462 e. The molecule has 3 aromatic carbocycles. The van der Waals surface area contributed by atoms with Gasteiger partial charge in [0, 0.05) is 23.1 Å². The monoisotopic (exact) mass is 496 g/mol. The molecule has 0 spiro atoms. The molecular formula is C25H21FN2O4S2. The van der Waals surface area contributed by atoms with Crippen molar-refractivity contribution < 1.29 is 22.3 Å². The summed E-state index contributed by atoms with van der Waals surface area (Å²) in [6.07, 6.45) is 1.16. The number of hydrogen-bond acceptors (Lipinski definition) is 7. The number of hydrogen-bond donors (Lipinski definition) is 1. The number of benzene rings is 3. The molecule has 0 aliphatic heterocycles. The summed E-state index contributed by atoms with van der Waals surface area (Å²) in [5.41, 5.74) is 2.68. The summed E-state index contributed by atoms with van der Waals surface area (Å²) in [5, 5.41) is 3.67. The Kier molecular flexibility index (Phi) is 6.76. The molecule has 4 aromatic rings. The van der Waals surface area contributed by atoms with E-state index in [9.17, 15) is 17.6 Å². The van der Waals surface area contributed by atoms with E-state index in [0.717, 1.165) is 6.26 Å². The first kappa shape index (κ1) is 23.6. The summed E-state index contributed by atoms with van der Waals surface area (Å²) in [5.74, 6) is -0.814. The first-order valence-corrected chi connectivity index (χ1v) is 13.1. The van der Waals surface area contributed by atoms with Gasteiger partial charge in [-0.05, 0) is 55.5 Å². The van der Waals surface area contributed by atoms with Crippen molar-refractivity contribution in [1.29, 1.82) is 0 Å². The Hall–Kier alpha value is -3.56. The van der Waals surface area contributed by atoms with E-state index >= 15 is 0 Å². The molecule has 0 amide bonds. The SMILES string of the molecule is CCOC(=O)c1cccc(Nc2nc(-c3ccc(F)cc3)c(-c3ccccc3S(C)(=O)=O)s2)c1. The van der Waals surface area contributed by atoms with Crippen molar-refractivity contribution in [2.75, 3.05) is 18.2 Å². The molecule has 4 rings (SSSR count). The topological polar surface area (TPSA) is 85.4 Å². The number of rotatable bonds is 7. The molecule has 174 valence electrons. The van der Waals surface area contributed by atoms with Crippen LogP contribution in [0.1, 0.15) is 17.3 Å². The van der Waals surface area contributed by atoms with Gasteiger partial charge in [-0.2, -0.15) is 0 Å². The lowest BCUT2D eigenvalue weighted by molar-refractivity contribution is 0.0526. The molecule has 1 N–H and O–H groups in total. The van der Waals surface area contributed by atoms with Crippen LogP contribution >= 0.6 is 11.3 Å². The van der Waals surface area contributed by atoms with Crippen LogP contribution in [-0.2, 0) is 14.6 Å². The lowest BCUT2D eigenvalue weighted by atomic mass is 10.1. The third kappa shape index (κ3) is 5.16. The zero-order valence-corrected chi connectivity index (χ0v) is 20.0. The van der Waals surface area contributed by atoms with Crippen molar-refractivity contribution in [3.05, 3.63) is 84.2 Å². The number of anilines is 2. The minimum atomic E-state index is -3.51. The highest BCUT2D eigenvalue weighted by Crippen LogP contribution is 2.42. The normalized spacial score (nSPS) is 11.3. The van der Waals surface area contributed by atoms with Crippen LogP contribution in [0.25, 0.3) is 21.7 Å². The maximum absolute atomic E-state index is 13.5. The van der Waals surface area contributed by atoms with Crippen LogP contribution in [0, 0.1) is 5.82 Å². The van der Waals surface area contributed by atoms with Crippen molar-refractivity contribution in [1.82, 2.24) is 4.98 Å². The second-order valence-electron chi connectivity index (χ2n) is 7.40. The van der Waals surface area contributed by atoms with Crippen molar-refractivity contribution >= 4 is 38.0 Å². The van der Waals surface area contributed by atoms with Crippen LogP contribution in [0.3, 0.4) is 0 Å². The lowest BCUT2D eigenvalue weighted by Crippen LogP contribution is -2.04. The van der Waals surface area contributed by atoms with Crippen molar-refractivity contribution in [3.8, 4) is 21.7 Å². The van der Waals surface area contributed by atoms with Gasteiger partial charge in [0.15, 0.2) is 15.0 Å². The Bertz CT molecular complexity index is 1450. The molecule has 1 heterocycles. The smallest absolute Gasteiger partial charge is 0.338 e. The fourth-order valence-electron chi connectivity index (χ4n) is 3.40. The highest BCUT2D eigenvalue weighted by Gasteiger charge is 2.21. The van der Waals surface area contributed by atoms with Gasteiger partial charge in [0.1, 0.15) is 5.82 Å². The van der Waals surface area contributed by atoms with Crippen molar-refractivity contribution in [2.45, 2.75) is 11.8 Å². The van der Waals surface area contributed by atoms with Gasteiger partial charge in [0.05, 0.1) is 27.6 Å². The fourth-order valence-corrected chi connectivity index (χ4v) is 5.41. The molecule has 0 aliphatic carbocycles. The summed E-state index contributed by atoms with van der Waals surface area (Å²) in [6.45, 7) is 2.01. The van der Waals surface area contributed by atoms with Gasteiger partial charge in [0.25, 0.3) is 0 Å². The predicted octanol–water partition coefficient (Wildman–Crippen LogP) is 5.94. The molecule has 1 aromatic heterocycles. The fraction of sp³-hybridized carbons (Fsp3) is 0.120. The minimum Gasteiger partial charge on any atom is -0.462 e. The summed E-state index contributed by atoms with van der Waals surface area (Å²) in [6, 6.07) is 19.4. The van der Waals surface area contributed by atoms with Crippen LogP contribution in [-0.4, -0.2) is 32.2 Å². The number of halogens is 1. The number of nitrogens with one attached hydrogen (secondary N) is 1. The van der Waals surface area contributed by atoms with E-state index in [0.29, 0.717) is 38.1 Å².